The fraction of sp³-hybridized carbons (Fsp3) is 0.364. The minimum absolute atomic E-state index is 0.117. The van der Waals surface area contributed by atoms with E-state index in [4.69, 9.17) is 11.6 Å². The van der Waals surface area contributed by atoms with Gasteiger partial charge in [0.05, 0.1) is 17.7 Å². The normalized spacial score (nSPS) is 16.4. The Balaban J connectivity index is 1.55. The van der Waals surface area contributed by atoms with Gasteiger partial charge >= 0.3 is 6.09 Å². The zero-order valence-electron chi connectivity index (χ0n) is 19.4. The second-order valence-electron chi connectivity index (χ2n) is 8.63. The largest absolute Gasteiger partial charge is 0.465 e. The number of fused-ring (bicyclic) bond motifs is 1. The Labute approximate surface area is 212 Å². The Kier molecular flexibility index (Phi) is 7.33. The number of piperidine rings is 1. The van der Waals surface area contributed by atoms with Crippen LogP contribution in [0, 0.1) is 0 Å². The van der Waals surface area contributed by atoms with Crippen LogP contribution in [0.5, 0.6) is 0 Å². The molecule has 2 aromatic heterocycles. The fourth-order valence-electron chi connectivity index (χ4n) is 4.30. The van der Waals surface area contributed by atoms with Crippen molar-refractivity contribution in [3.63, 3.8) is 0 Å². The van der Waals surface area contributed by atoms with Crippen LogP contribution in [0.2, 0.25) is 5.02 Å². The number of aromatic nitrogens is 3. The van der Waals surface area contributed by atoms with Crippen molar-refractivity contribution in [2.24, 2.45) is 0 Å². The number of sulfonamides is 1. The molecule has 0 spiro atoms. The standard InChI is InChI=1S/C22H26ClN7O5S/c1-36(34,35)27-12-17(14-2-4-15(23)5-3-14)28-20(31)22(29-21(32)33)7-10-30(11-8-22)19-16-6-9-24-18(16)25-13-26-19/h2-6,9,13,17,27,29H,7-8,10-12H2,1H3,(H,28,31)(H,32,33)(H,24,25,26). The number of halogens is 1. The van der Waals surface area contributed by atoms with Crippen LogP contribution in [0.15, 0.2) is 42.9 Å². The predicted molar refractivity (Wildman–Crippen MR) is 134 cm³/mol. The van der Waals surface area contributed by atoms with E-state index in [0.29, 0.717) is 35.1 Å². The van der Waals surface area contributed by atoms with Crippen LogP contribution in [-0.2, 0) is 14.8 Å². The maximum Gasteiger partial charge on any atom is 0.405 e. The number of nitrogens with one attached hydrogen (secondary N) is 4. The SMILES string of the molecule is CS(=O)(=O)NCC(NC(=O)C1(NC(=O)O)CCN(c2ncnc3[nH]ccc23)CC1)c1ccc(Cl)cc1. The summed E-state index contributed by atoms with van der Waals surface area (Å²) in [7, 11) is -3.54. The molecule has 1 atom stereocenters. The lowest BCUT2D eigenvalue weighted by Gasteiger charge is -2.41. The third-order valence-corrected chi connectivity index (χ3v) is 7.10. The molecule has 0 bridgehead atoms. The van der Waals surface area contributed by atoms with Gasteiger partial charge in [-0.15, -0.1) is 0 Å². The van der Waals surface area contributed by atoms with Crippen LogP contribution < -0.4 is 20.3 Å². The summed E-state index contributed by atoms with van der Waals surface area (Å²) in [6, 6.07) is 7.72. The molecule has 0 radical (unpaired) electrons. The van der Waals surface area contributed by atoms with Gasteiger partial charge in [0.1, 0.15) is 23.3 Å². The number of anilines is 1. The number of amides is 2. The first kappa shape index (κ1) is 25.7. The number of nitrogens with zero attached hydrogens (tertiary/aromatic N) is 3. The van der Waals surface area contributed by atoms with Crippen LogP contribution in [-0.4, -0.2) is 71.9 Å². The number of aromatic amines is 1. The van der Waals surface area contributed by atoms with Gasteiger partial charge in [0.2, 0.25) is 15.9 Å². The van der Waals surface area contributed by atoms with Crippen molar-refractivity contribution in [2.75, 3.05) is 30.8 Å². The summed E-state index contributed by atoms with van der Waals surface area (Å²) in [4.78, 5) is 38.8. The van der Waals surface area contributed by atoms with Gasteiger partial charge in [-0.05, 0) is 36.6 Å². The molecule has 1 aliphatic heterocycles. The number of hydrogen-bond acceptors (Lipinski definition) is 7. The molecule has 14 heteroatoms. The number of benzene rings is 1. The van der Waals surface area contributed by atoms with Crippen molar-refractivity contribution in [2.45, 2.75) is 24.4 Å². The Hall–Kier alpha value is -3.42. The average molecular weight is 536 g/mol. The lowest BCUT2D eigenvalue weighted by atomic mass is 9.85. The summed E-state index contributed by atoms with van der Waals surface area (Å²) < 4.78 is 25.8. The molecule has 1 aliphatic rings. The van der Waals surface area contributed by atoms with Gasteiger partial charge in [-0.2, -0.15) is 0 Å². The predicted octanol–water partition coefficient (Wildman–Crippen LogP) is 1.62. The van der Waals surface area contributed by atoms with Crippen LogP contribution >= 0.6 is 11.6 Å². The van der Waals surface area contributed by atoms with Gasteiger partial charge in [0, 0.05) is 30.9 Å². The van der Waals surface area contributed by atoms with Crippen LogP contribution in [0.4, 0.5) is 10.6 Å². The summed E-state index contributed by atoms with van der Waals surface area (Å²) in [5.41, 5.74) is -0.118. The molecule has 1 saturated heterocycles. The number of carbonyl (C=O) groups is 2. The summed E-state index contributed by atoms with van der Waals surface area (Å²) >= 11 is 5.98. The highest BCUT2D eigenvalue weighted by Crippen LogP contribution is 2.30. The molecule has 1 unspecified atom stereocenters. The van der Waals surface area contributed by atoms with Gasteiger partial charge in [-0.3, -0.25) is 4.79 Å². The van der Waals surface area contributed by atoms with Crippen molar-refractivity contribution in [1.82, 2.24) is 30.3 Å². The Bertz CT molecular complexity index is 1350. The highest BCUT2D eigenvalue weighted by atomic mass is 35.5. The summed E-state index contributed by atoms with van der Waals surface area (Å²) in [6.07, 6.45) is 3.25. The van der Waals surface area contributed by atoms with Gasteiger partial charge in [-0.25, -0.2) is 27.9 Å². The zero-order chi connectivity index (χ0) is 25.9. The molecule has 4 rings (SSSR count). The van der Waals surface area contributed by atoms with E-state index in [2.05, 4.69) is 30.3 Å². The third kappa shape index (κ3) is 5.86. The number of rotatable bonds is 8. The van der Waals surface area contributed by atoms with Crippen LogP contribution in [0.1, 0.15) is 24.4 Å². The van der Waals surface area contributed by atoms with Gasteiger partial charge < -0.3 is 25.6 Å². The zero-order valence-corrected chi connectivity index (χ0v) is 20.9. The smallest absolute Gasteiger partial charge is 0.405 e. The lowest BCUT2D eigenvalue weighted by Crippen LogP contribution is -2.64. The maximum atomic E-state index is 13.6. The van der Waals surface area contributed by atoms with E-state index < -0.39 is 33.6 Å². The molecular weight excluding hydrogens is 510 g/mol. The third-order valence-electron chi connectivity index (χ3n) is 6.16. The van der Waals surface area contributed by atoms with Crippen molar-refractivity contribution in [3.8, 4) is 0 Å². The summed E-state index contributed by atoms with van der Waals surface area (Å²) in [5, 5.41) is 16.1. The molecule has 2 amide bonds. The summed E-state index contributed by atoms with van der Waals surface area (Å²) in [6.45, 7) is 0.601. The minimum Gasteiger partial charge on any atom is -0.465 e. The van der Waals surface area contributed by atoms with Gasteiger partial charge in [0.15, 0.2) is 0 Å². The van der Waals surface area contributed by atoms with E-state index in [1.807, 2.05) is 11.0 Å². The molecule has 36 heavy (non-hydrogen) atoms. The molecule has 0 saturated carbocycles. The molecule has 192 valence electrons. The van der Waals surface area contributed by atoms with E-state index in [9.17, 15) is 23.1 Å². The molecule has 1 fully saturated rings. The lowest BCUT2D eigenvalue weighted by molar-refractivity contribution is -0.129. The minimum atomic E-state index is -3.54. The first-order chi connectivity index (χ1) is 17.1. The maximum absolute atomic E-state index is 13.6. The van der Waals surface area contributed by atoms with E-state index in [1.54, 1.807) is 30.5 Å². The second kappa shape index (κ2) is 10.3. The first-order valence-corrected chi connectivity index (χ1v) is 13.4. The molecule has 3 heterocycles. The molecule has 1 aromatic carbocycles. The number of carbonyl (C=O) groups excluding carboxylic acids is 1. The molecule has 5 N–H and O–H groups in total. The van der Waals surface area contributed by atoms with Crippen molar-refractivity contribution in [3.05, 3.63) is 53.4 Å². The Morgan fingerprint density at radius 2 is 1.89 bits per heavy atom. The second-order valence-corrected chi connectivity index (χ2v) is 10.9. The van der Waals surface area contributed by atoms with E-state index in [0.717, 1.165) is 11.6 Å². The highest BCUT2D eigenvalue weighted by Gasteiger charge is 2.44. The topological polar surface area (TPSA) is 169 Å². The van der Waals surface area contributed by atoms with Crippen LogP contribution in [0.3, 0.4) is 0 Å². The molecule has 12 nitrogen and oxygen atoms in total. The highest BCUT2D eigenvalue weighted by molar-refractivity contribution is 7.88. The molecule has 3 aromatic rings. The van der Waals surface area contributed by atoms with E-state index >= 15 is 0 Å². The van der Waals surface area contributed by atoms with E-state index in [-0.39, 0.29) is 19.4 Å². The van der Waals surface area contributed by atoms with E-state index in [1.165, 1.54) is 6.33 Å². The first-order valence-electron chi connectivity index (χ1n) is 11.1. The quantitative estimate of drug-likeness (QED) is 0.290. The van der Waals surface area contributed by atoms with Crippen molar-refractivity contribution < 1.29 is 23.1 Å². The molecular formula is C22H26ClN7O5S. The fourth-order valence-corrected chi connectivity index (χ4v) is 4.90. The number of H-pyrrole nitrogens is 1. The summed E-state index contributed by atoms with van der Waals surface area (Å²) in [5.74, 6) is 0.149. The monoisotopic (exact) mass is 535 g/mol. The van der Waals surface area contributed by atoms with Gasteiger partial charge in [0.25, 0.3) is 0 Å². The number of hydrogen-bond donors (Lipinski definition) is 5. The number of carboxylic acid groups (broad SMARTS) is 1. The van der Waals surface area contributed by atoms with Crippen molar-refractivity contribution in [1.29, 1.82) is 0 Å². The Morgan fingerprint density at radius 3 is 2.53 bits per heavy atom. The average Bonchev–Trinajstić information content (AvgIpc) is 3.31. The molecule has 0 aliphatic carbocycles. The van der Waals surface area contributed by atoms with Crippen molar-refractivity contribution >= 4 is 50.5 Å². The van der Waals surface area contributed by atoms with Gasteiger partial charge in [-0.1, -0.05) is 23.7 Å². The van der Waals surface area contributed by atoms with Crippen LogP contribution in [0.25, 0.3) is 11.0 Å². The Morgan fingerprint density at radius 1 is 1.19 bits per heavy atom.